The second-order valence-corrected chi connectivity index (χ2v) is 9.45. The van der Waals surface area contributed by atoms with Gasteiger partial charge in [0.25, 0.3) is 0 Å². The highest BCUT2D eigenvalue weighted by molar-refractivity contribution is 5.79. The number of hydrogen-bond donors (Lipinski definition) is 0. The van der Waals surface area contributed by atoms with Crippen LogP contribution in [0.25, 0.3) is 11.0 Å². The second kappa shape index (κ2) is 8.81. The zero-order valence-electron chi connectivity index (χ0n) is 19.2. The molecule has 2 aromatic carbocycles. The van der Waals surface area contributed by atoms with Gasteiger partial charge in [-0.3, -0.25) is 0 Å². The number of piperidine rings is 1. The van der Waals surface area contributed by atoms with Gasteiger partial charge in [0.2, 0.25) is 5.95 Å². The molecule has 32 heavy (non-hydrogen) atoms. The molecular formula is C25H31FN4O2. The number of fused-ring (bicyclic) bond motifs is 1. The van der Waals surface area contributed by atoms with Crippen molar-refractivity contribution < 1.29 is 13.9 Å². The highest BCUT2D eigenvalue weighted by Gasteiger charge is 2.31. The number of ether oxygens (including phenoxy) is 1. The monoisotopic (exact) mass is 438 g/mol. The molecule has 0 bridgehead atoms. The summed E-state index contributed by atoms with van der Waals surface area (Å²) in [6.45, 7) is 7.78. The van der Waals surface area contributed by atoms with Gasteiger partial charge in [-0.25, -0.2) is 14.2 Å². The third-order valence-electron chi connectivity index (χ3n) is 5.80. The predicted octanol–water partition coefficient (Wildman–Crippen LogP) is 5.06. The lowest BCUT2D eigenvalue weighted by atomic mass is 10.1. The Morgan fingerprint density at radius 1 is 1.19 bits per heavy atom. The Kier molecular flexibility index (Phi) is 6.09. The smallest absolute Gasteiger partial charge is 0.410 e. The topological polar surface area (TPSA) is 50.6 Å². The van der Waals surface area contributed by atoms with Gasteiger partial charge in [-0.2, -0.15) is 0 Å². The fraction of sp³-hybridized carbons (Fsp3) is 0.440. The minimum Gasteiger partial charge on any atom is -0.444 e. The standard InChI is InChI=1S/C25H31FN4O2/c1-25(2,3)32-24(31)28(4)20-8-7-15-29(17-20)23-27-21-9-5-6-10-22(21)30(23)16-18-11-13-19(26)14-12-18/h5-6,9-14,20H,7-8,15-17H2,1-4H3. The quantitative estimate of drug-likeness (QED) is 0.571. The van der Waals surface area contributed by atoms with Crippen LogP contribution in [-0.2, 0) is 11.3 Å². The number of halogens is 1. The minimum absolute atomic E-state index is 0.0395. The Labute approximate surface area is 188 Å². The molecule has 0 saturated carbocycles. The van der Waals surface area contributed by atoms with Crippen LogP contribution >= 0.6 is 0 Å². The number of carbonyl (C=O) groups is 1. The number of nitrogens with zero attached hydrogens (tertiary/aromatic N) is 4. The molecular weight excluding hydrogens is 407 g/mol. The summed E-state index contributed by atoms with van der Waals surface area (Å²) < 4.78 is 21.2. The summed E-state index contributed by atoms with van der Waals surface area (Å²) in [6.07, 6.45) is 1.58. The van der Waals surface area contributed by atoms with Crippen molar-refractivity contribution in [2.45, 2.75) is 51.8 Å². The molecule has 2 heterocycles. The van der Waals surface area contributed by atoms with Gasteiger partial charge in [0.05, 0.1) is 23.6 Å². The molecule has 3 aromatic rings. The van der Waals surface area contributed by atoms with Gasteiger partial charge in [-0.05, 0) is 63.4 Å². The summed E-state index contributed by atoms with van der Waals surface area (Å²) >= 11 is 0. The lowest BCUT2D eigenvalue weighted by Crippen LogP contribution is -2.50. The first-order valence-electron chi connectivity index (χ1n) is 11.1. The van der Waals surface area contributed by atoms with E-state index in [0.717, 1.165) is 41.9 Å². The molecule has 1 atom stereocenters. The Morgan fingerprint density at radius 3 is 2.62 bits per heavy atom. The third kappa shape index (κ3) is 4.87. The minimum atomic E-state index is -0.525. The predicted molar refractivity (Wildman–Crippen MR) is 124 cm³/mol. The molecule has 0 aliphatic carbocycles. The maximum atomic E-state index is 13.4. The molecule has 4 rings (SSSR count). The Morgan fingerprint density at radius 2 is 1.91 bits per heavy atom. The molecule has 0 radical (unpaired) electrons. The van der Waals surface area contributed by atoms with Gasteiger partial charge in [0.15, 0.2) is 0 Å². The lowest BCUT2D eigenvalue weighted by molar-refractivity contribution is 0.0209. The first-order chi connectivity index (χ1) is 15.2. The van der Waals surface area contributed by atoms with E-state index in [9.17, 15) is 9.18 Å². The average Bonchev–Trinajstić information content (AvgIpc) is 3.12. The number of para-hydroxylation sites is 2. The maximum Gasteiger partial charge on any atom is 0.410 e. The first-order valence-corrected chi connectivity index (χ1v) is 11.1. The van der Waals surface area contributed by atoms with Gasteiger partial charge in [-0.1, -0.05) is 24.3 Å². The zero-order valence-corrected chi connectivity index (χ0v) is 19.2. The van der Waals surface area contributed by atoms with Crippen LogP contribution in [0.15, 0.2) is 48.5 Å². The number of amides is 1. The van der Waals surface area contributed by atoms with E-state index in [1.807, 2.05) is 58.2 Å². The Bertz CT molecular complexity index is 1090. The summed E-state index contributed by atoms with van der Waals surface area (Å²) in [5, 5.41) is 0. The van der Waals surface area contributed by atoms with Crippen LogP contribution in [0.3, 0.4) is 0 Å². The maximum absolute atomic E-state index is 13.4. The number of likely N-dealkylation sites (N-methyl/N-ethyl adjacent to an activating group) is 1. The van der Waals surface area contributed by atoms with Crippen molar-refractivity contribution in [2.75, 3.05) is 25.0 Å². The van der Waals surface area contributed by atoms with E-state index in [1.54, 1.807) is 4.90 Å². The number of benzene rings is 2. The first kappa shape index (κ1) is 22.1. The van der Waals surface area contributed by atoms with E-state index < -0.39 is 5.60 Å². The molecule has 0 N–H and O–H groups in total. The fourth-order valence-electron chi connectivity index (χ4n) is 4.17. The highest BCUT2D eigenvalue weighted by atomic mass is 19.1. The number of anilines is 1. The van der Waals surface area contributed by atoms with Crippen molar-refractivity contribution in [3.63, 3.8) is 0 Å². The molecule has 1 aliphatic rings. The van der Waals surface area contributed by atoms with Crippen molar-refractivity contribution in [1.82, 2.24) is 14.5 Å². The largest absolute Gasteiger partial charge is 0.444 e. The van der Waals surface area contributed by atoms with Crippen molar-refractivity contribution in [1.29, 1.82) is 0 Å². The summed E-state index contributed by atoms with van der Waals surface area (Å²) in [6, 6.07) is 14.7. The summed E-state index contributed by atoms with van der Waals surface area (Å²) in [5.74, 6) is 0.631. The van der Waals surface area contributed by atoms with E-state index in [2.05, 4.69) is 15.5 Å². The average molecular weight is 439 g/mol. The van der Waals surface area contributed by atoms with Crippen molar-refractivity contribution >= 4 is 23.1 Å². The fourth-order valence-corrected chi connectivity index (χ4v) is 4.17. The van der Waals surface area contributed by atoms with E-state index in [1.165, 1.54) is 12.1 Å². The van der Waals surface area contributed by atoms with Gasteiger partial charge in [-0.15, -0.1) is 0 Å². The lowest BCUT2D eigenvalue weighted by Gasteiger charge is -2.38. The van der Waals surface area contributed by atoms with E-state index in [-0.39, 0.29) is 18.0 Å². The number of aromatic nitrogens is 2. The van der Waals surface area contributed by atoms with Crippen LogP contribution < -0.4 is 4.90 Å². The van der Waals surface area contributed by atoms with Crippen LogP contribution in [0.5, 0.6) is 0 Å². The van der Waals surface area contributed by atoms with E-state index in [4.69, 9.17) is 9.72 Å². The van der Waals surface area contributed by atoms with Gasteiger partial charge in [0.1, 0.15) is 11.4 Å². The Balaban J connectivity index is 1.61. The van der Waals surface area contributed by atoms with Crippen molar-refractivity contribution in [3.05, 3.63) is 59.9 Å². The molecule has 7 heteroatoms. The third-order valence-corrected chi connectivity index (χ3v) is 5.80. The SMILES string of the molecule is CN(C(=O)OC(C)(C)C)C1CCCN(c2nc3ccccc3n2Cc2ccc(F)cc2)C1. The van der Waals surface area contributed by atoms with Crippen molar-refractivity contribution in [2.24, 2.45) is 0 Å². The van der Waals surface area contributed by atoms with Crippen LogP contribution in [0, 0.1) is 5.82 Å². The highest BCUT2D eigenvalue weighted by Crippen LogP contribution is 2.28. The normalized spacial score (nSPS) is 16.9. The van der Waals surface area contributed by atoms with Crippen LogP contribution in [-0.4, -0.2) is 52.3 Å². The number of hydrogen-bond acceptors (Lipinski definition) is 4. The number of carbonyl (C=O) groups excluding carboxylic acids is 1. The molecule has 1 unspecified atom stereocenters. The zero-order chi connectivity index (χ0) is 22.9. The molecule has 1 fully saturated rings. The van der Waals surface area contributed by atoms with Gasteiger partial charge >= 0.3 is 6.09 Å². The van der Waals surface area contributed by atoms with E-state index in [0.29, 0.717) is 13.1 Å². The van der Waals surface area contributed by atoms with Crippen LogP contribution in [0.4, 0.5) is 15.1 Å². The number of imidazole rings is 1. The van der Waals surface area contributed by atoms with E-state index >= 15 is 0 Å². The molecule has 1 saturated heterocycles. The summed E-state index contributed by atoms with van der Waals surface area (Å²) in [7, 11) is 1.81. The molecule has 1 amide bonds. The summed E-state index contributed by atoms with van der Waals surface area (Å²) in [4.78, 5) is 21.5. The van der Waals surface area contributed by atoms with Crippen LogP contribution in [0.2, 0.25) is 0 Å². The molecule has 0 spiro atoms. The molecule has 6 nitrogen and oxygen atoms in total. The van der Waals surface area contributed by atoms with Gasteiger partial charge in [0, 0.05) is 20.1 Å². The van der Waals surface area contributed by atoms with Crippen molar-refractivity contribution in [3.8, 4) is 0 Å². The number of rotatable bonds is 4. The Hall–Kier alpha value is -3.09. The molecule has 1 aromatic heterocycles. The van der Waals surface area contributed by atoms with Gasteiger partial charge < -0.3 is 19.1 Å². The molecule has 1 aliphatic heterocycles. The second-order valence-electron chi connectivity index (χ2n) is 9.45. The summed E-state index contributed by atoms with van der Waals surface area (Å²) in [5.41, 5.74) is 2.44. The molecule has 170 valence electrons. The van der Waals surface area contributed by atoms with Crippen LogP contribution in [0.1, 0.15) is 39.2 Å².